The summed E-state index contributed by atoms with van der Waals surface area (Å²) in [4.78, 5) is 17.4. The summed E-state index contributed by atoms with van der Waals surface area (Å²) in [6.45, 7) is 2.12. The van der Waals surface area contributed by atoms with Crippen LogP contribution >= 0.6 is 0 Å². The Balaban J connectivity index is 1.42. The van der Waals surface area contributed by atoms with Crippen LogP contribution < -0.4 is 0 Å². The van der Waals surface area contributed by atoms with Crippen molar-refractivity contribution in [1.29, 1.82) is 0 Å². The molecule has 4 fully saturated rings. The monoisotopic (exact) mass is 332 g/mol. The molecule has 1 heterocycles. The normalized spacial score (nSPS) is 38.5. The highest BCUT2D eigenvalue weighted by Crippen LogP contribution is 2.53. The first kappa shape index (κ1) is 16.9. The van der Waals surface area contributed by atoms with Gasteiger partial charge in [-0.2, -0.15) is 0 Å². The zero-order valence-corrected chi connectivity index (χ0v) is 15.9. The largest absolute Gasteiger partial charge is 0.342 e. The van der Waals surface area contributed by atoms with Gasteiger partial charge in [0, 0.05) is 25.0 Å². The van der Waals surface area contributed by atoms with Gasteiger partial charge < -0.3 is 9.80 Å². The molecule has 0 radical (unpaired) electrons. The Hall–Kier alpha value is -0.570. The molecular weight excluding hydrogens is 296 g/mol. The van der Waals surface area contributed by atoms with Gasteiger partial charge in [0.15, 0.2) is 0 Å². The lowest BCUT2D eigenvalue weighted by atomic mass is 9.62. The number of amides is 1. The zero-order chi connectivity index (χ0) is 16.8. The maximum absolute atomic E-state index is 12.6. The molecule has 0 N–H and O–H groups in total. The van der Waals surface area contributed by atoms with E-state index in [9.17, 15) is 4.79 Å². The number of nitrogens with zero attached hydrogens (tertiary/aromatic N) is 2. The maximum atomic E-state index is 12.6. The van der Waals surface area contributed by atoms with Gasteiger partial charge in [0.25, 0.3) is 0 Å². The summed E-state index contributed by atoms with van der Waals surface area (Å²) in [5, 5.41) is 0. The molecule has 3 aliphatic carbocycles. The molecule has 136 valence electrons. The molecule has 4 rings (SSSR count). The molecule has 3 nitrogen and oxygen atoms in total. The van der Waals surface area contributed by atoms with Crippen molar-refractivity contribution in [2.75, 3.05) is 27.2 Å². The van der Waals surface area contributed by atoms with Crippen molar-refractivity contribution in [1.82, 2.24) is 9.80 Å². The lowest BCUT2D eigenvalue weighted by molar-refractivity contribution is -0.128. The van der Waals surface area contributed by atoms with E-state index >= 15 is 0 Å². The standard InChI is InChI=1S/C21H36N2O/c1-22(2)21(18-8-3-4-9-18)12-10-20(11-13-21)14-19(24)23(16-20)15-17-6-5-7-17/h17-18H,3-16H2,1-2H3. The van der Waals surface area contributed by atoms with Crippen LogP contribution in [0.15, 0.2) is 0 Å². The second kappa shape index (κ2) is 6.30. The van der Waals surface area contributed by atoms with Crippen molar-refractivity contribution < 1.29 is 4.79 Å². The molecule has 0 aromatic rings. The molecule has 1 aliphatic heterocycles. The van der Waals surface area contributed by atoms with Crippen LogP contribution in [0, 0.1) is 17.3 Å². The Labute approximate surface area is 148 Å². The molecule has 0 bridgehead atoms. The second-order valence-corrected chi connectivity index (χ2v) is 9.73. The highest BCUT2D eigenvalue weighted by Gasteiger charge is 2.52. The lowest BCUT2D eigenvalue weighted by Gasteiger charge is -2.52. The number of carbonyl (C=O) groups excluding carboxylic acids is 1. The molecule has 3 heteroatoms. The summed E-state index contributed by atoms with van der Waals surface area (Å²) in [6.07, 6.45) is 15.8. The first-order chi connectivity index (χ1) is 11.5. The molecular formula is C21H36N2O. The molecule has 0 atom stereocenters. The van der Waals surface area contributed by atoms with Gasteiger partial charge in [-0.1, -0.05) is 19.3 Å². The van der Waals surface area contributed by atoms with E-state index in [1.54, 1.807) is 0 Å². The molecule has 1 saturated heterocycles. The number of carbonyl (C=O) groups is 1. The van der Waals surface area contributed by atoms with Crippen LogP contribution in [0.25, 0.3) is 0 Å². The Kier molecular flexibility index (Phi) is 4.43. The first-order valence-corrected chi connectivity index (χ1v) is 10.5. The van der Waals surface area contributed by atoms with Gasteiger partial charge in [0.1, 0.15) is 0 Å². The van der Waals surface area contributed by atoms with Crippen LogP contribution in [0.3, 0.4) is 0 Å². The van der Waals surface area contributed by atoms with Crippen LogP contribution in [0.2, 0.25) is 0 Å². The van der Waals surface area contributed by atoms with Crippen LogP contribution in [0.1, 0.15) is 77.0 Å². The fourth-order valence-electron chi connectivity index (χ4n) is 6.37. The van der Waals surface area contributed by atoms with E-state index < -0.39 is 0 Å². The predicted octanol–water partition coefficient (Wildman–Crippen LogP) is 4.07. The Bertz CT molecular complexity index is 468. The minimum atomic E-state index is 0.318. The number of hydrogen-bond donors (Lipinski definition) is 0. The fourth-order valence-corrected chi connectivity index (χ4v) is 6.37. The molecule has 1 amide bonds. The van der Waals surface area contributed by atoms with Gasteiger partial charge >= 0.3 is 0 Å². The molecule has 0 unspecified atom stereocenters. The molecule has 4 aliphatic rings. The number of hydrogen-bond acceptors (Lipinski definition) is 2. The molecule has 3 saturated carbocycles. The number of rotatable bonds is 4. The third kappa shape index (κ3) is 2.81. The fraction of sp³-hybridized carbons (Fsp3) is 0.952. The quantitative estimate of drug-likeness (QED) is 0.775. The average Bonchev–Trinajstić information content (AvgIpc) is 3.13. The summed E-state index contributed by atoms with van der Waals surface area (Å²) < 4.78 is 0. The third-order valence-corrected chi connectivity index (χ3v) is 8.29. The van der Waals surface area contributed by atoms with Crippen molar-refractivity contribution >= 4 is 5.91 Å². The molecule has 24 heavy (non-hydrogen) atoms. The van der Waals surface area contributed by atoms with Gasteiger partial charge in [0.05, 0.1) is 0 Å². The van der Waals surface area contributed by atoms with Gasteiger partial charge in [-0.15, -0.1) is 0 Å². The van der Waals surface area contributed by atoms with E-state index in [1.165, 1.54) is 70.6 Å². The predicted molar refractivity (Wildman–Crippen MR) is 97.8 cm³/mol. The summed E-state index contributed by atoms with van der Waals surface area (Å²) in [6, 6.07) is 0. The Morgan fingerprint density at radius 1 is 1.00 bits per heavy atom. The van der Waals surface area contributed by atoms with Gasteiger partial charge in [-0.25, -0.2) is 0 Å². The van der Waals surface area contributed by atoms with E-state index in [0.717, 1.165) is 31.3 Å². The summed E-state index contributed by atoms with van der Waals surface area (Å²) in [5.74, 6) is 2.17. The highest BCUT2D eigenvalue weighted by molar-refractivity contribution is 5.79. The topological polar surface area (TPSA) is 23.6 Å². The minimum absolute atomic E-state index is 0.318. The van der Waals surface area contributed by atoms with Crippen LogP contribution in [-0.2, 0) is 4.79 Å². The van der Waals surface area contributed by atoms with E-state index in [-0.39, 0.29) is 0 Å². The van der Waals surface area contributed by atoms with Crippen LogP contribution in [0.4, 0.5) is 0 Å². The van der Waals surface area contributed by atoms with Crippen LogP contribution in [-0.4, -0.2) is 48.4 Å². The molecule has 0 aromatic carbocycles. The van der Waals surface area contributed by atoms with Crippen molar-refractivity contribution in [3.05, 3.63) is 0 Å². The van der Waals surface area contributed by atoms with Crippen molar-refractivity contribution in [3.63, 3.8) is 0 Å². The van der Waals surface area contributed by atoms with Gasteiger partial charge in [-0.3, -0.25) is 4.79 Å². The van der Waals surface area contributed by atoms with Crippen molar-refractivity contribution in [3.8, 4) is 0 Å². The SMILES string of the molecule is CN(C)C1(C2CCCC2)CCC2(CC1)CC(=O)N(CC1CCC1)C2. The first-order valence-electron chi connectivity index (χ1n) is 10.5. The third-order valence-electron chi connectivity index (χ3n) is 8.29. The Morgan fingerprint density at radius 3 is 2.21 bits per heavy atom. The smallest absolute Gasteiger partial charge is 0.223 e. The molecule has 1 spiro atoms. The Morgan fingerprint density at radius 2 is 1.67 bits per heavy atom. The average molecular weight is 333 g/mol. The van der Waals surface area contributed by atoms with Gasteiger partial charge in [0.2, 0.25) is 5.91 Å². The second-order valence-electron chi connectivity index (χ2n) is 9.73. The summed E-state index contributed by atoms with van der Waals surface area (Å²) in [7, 11) is 4.61. The van der Waals surface area contributed by atoms with Gasteiger partial charge in [-0.05, 0) is 82.7 Å². The van der Waals surface area contributed by atoms with Crippen LogP contribution in [0.5, 0.6) is 0 Å². The lowest BCUT2D eigenvalue weighted by Crippen LogP contribution is -2.54. The van der Waals surface area contributed by atoms with Crippen molar-refractivity contribution in [2.24, 2.45) is 17.3 Å². The highest BCUT2D eigenvalue weighted by atomic mass is 16.2. The number of likely N-dealkylation sites (tertiary alicyclic amines) is 1. The van der Waals surface area contributed by atoms with E-state index in [4.69, 9.17) is 0 Å². The summed E-state index contributed by atoms with van der Waals surface area (Å²) in [5.41, 5.74) is 0.741. The van der Waals surface area contributed by atoms with E-state index in [0.29, 0.717) is 16.9 Å². The maximum Gasteiger partial charge on any atom is 0.223 e. The molecule has 0 aromatic heterocycles. The van der Waals surface area contributed by atoms with E-state index in [1.807, 2.05) is 0 Å². The minimum Gasteiger partial charge on any atom is -0.342 e. The zero-order valence-electron chi connectivity index (χ0n) is 15.9. The van der Waals surface area contributed by atoms with Crippen molar-refractivity contribution in [2.45, 2.75) is 82.6 Å². The van der Waals surface area contributed by atoms with E-state index in [2.05, 4.69) is 23.9 Å². The summed E-state index contributed by atoms with van der Waals surface area (Å²) >= 11 is 0.